The van der Waals surface area contributed by atoms with E-state index in [-0.39, 0.29) is 31.0 Å². The van der Waals surface area contributed by atoms with Gasteiger partial charge in [-0.3, -0.25) is 9.78 Å². The predicted octanol–water partition coefficient (Wildman–Crippen LogP) is 5.52. The number of hydrogen-bond donors (Lipinski definition) is 0. The summed E-state index contributed by atoms with van der Waals surface area (Å²) in [5.41, 5.74) is 2.20. The second-order valence-corrected chi connectivity index (χ2v) is 8.77. The number of nitrogens with zero attached hydrogens (tertiary/aromatic N) is 2. The summed E-state index contributed by atoms with van der Waals surface area (Å²) in [6.45, 7) is 3.52. The van der Waals surface area contributed by atoms with Crippen LogP contribution in [0.2, 0.25) is 0 Å². The van der Waals surface area contributed by atoms with Crippen molar-refractivity contribution in [2.75, 3.05) is 14.1 Å². The highest BCUT2D eigenvalue weighted by Crippen LogP contribution is 2.35. The van der Waals surface area contributed by atoms with Gasteiger partial charge in [-0.2, -0.15) is 8.78 Å². The van der Waals surface area contributed by atoms with Crippen LogP contribution in [0.15, 0.2) is 29.6 Å². The lowest BCUT2D eigenvalue weighted by Gasteiger charge is -2.17. The number of aryl methyl sites for hydroxylation is 1. The molecule has 8 heteroatoms. The number of benzene rings is 1. The van der Waals surface area contributed by atoms with Gasteiger partial charge in [0.15, 0.2) is 0 Å². The van der Waals surface area contributed by atoms with Gasteiger partial charge < -0.3 is 14.4 Å². The van der Waals surface area contributed by atoms with Crippen LogP contribution in [0.4, 0.5) is 8.78 Å². The van der Waals surface area contributed by atoms with Crippen molar-refractivity contribution in [2.45, 2.75) is 45.6 Å². The van der Waals surface area contributed by atoms with Crippen LogP contribution in [0.5, 0.6) is 5.75 Å². The highest BCUT2D eigenvalue weighted by atomic mass is 32.1. The molecule has 3 aromatic rings. The van der Waals surface area contributed by atoms with Gasteiger partial charge in [0.25, 0.3) is 11.8 Å². The van der Waals surface area contributed by atoms with Gasteiger partial charge in [-0.05, 0) is 36.1 Å². The van der Waals surface area contributed by atoms with E-state index in [1.165, 1.54) is 22.3 Å². The van der Waals surface area contributed by atoms with Crippen molar-refractivity contribution >= 4 is 33.6 Å². The minimum Gasteiger partial charge on any atom is -0.489 e. The van der Waals surface area contributed by atoms with Gasteiger partial charge in [-0.1, -0.05) is 19.4 Å². The molecule has 0 atom stereocenters. The first-order chi connectivity index (χ1) is 15.2. The Labute approximate surface area is 190 Å². The zero-order valence-corrected chi connectivity index (χ0v) is 19.4. The Kier molecular flexibility index (Phi) is 7.23. The van der Waals surface area contributed by atoms with Crippen molar-refractivity contribution in [1.29, 1.82) is 0 Å². The van der Waals surface area contributed by atoms with Crippen LogP contribution in [-0.4, -0.2) is 36.2 Å². The number of carbonyl (C=O) groups is 2. The zero-order valence-electron chi connectivity index (χ0n) is 18.6. The summed E-state index contributed by atoms with van der Waals surface area (Å²) < 4.78 is 35.1. The maximum Gasteiger partial charge on any atom is 0.289 e. The van der Waals surface area contributed by atoms with Crippen LogP contribution in [-0.2, 0) is 23.7 Å². The summed E-state index contributed by atoms with van der Waals surface area (Å²) in [6, 6.07) is 6.45. The fourth-order valence-corrected chi connectivity index (χ4v) is 4.52. The van der Waals surface area contributed by atoms with Gasteiger partial charge in [0, 0.05) is 48.3 Å². The molecular weight excluding hydrogens is 434 g/mol. The second kappa shape index (κ2) is 9.73. The van der Waals surface area contributed by atoms with Gasteiger partial charge in [0.05, 0.1) is 5.56 Å². The number of pyridine rings is 1. The van der Waals surface area contributed by atoms with Gasteiger partial charge in [-0.15, -0.1) is 11.3 Å². The Hall–Kier alpha value is -2.87. The summed E-state index contributed by atoms with van der Waals surface area (Å²) in [7, 11) is 3.33. The first kappa shape index (κ1) is 23.8. The molecule has 0 bridgehead atoms. The first-order valence-electron chi connectivity index (χ1n) is 10.3. The summed E-state index contributed by atoms with van der Waals surface area (Å²) >= 11 is 1.44. The molecule has 1 aromatic carbocycles. The Bertz CT molecular complexity index is 1140. The van der Waals surface area contributed by atoms with Crippen molar-refractivity contribution in [2.24, 2.45) is 0 Å². The summed E-state index contributed by atoms with van der Waals surface area (Å²) in [4.78, 5) is 29.4. The number of hydrogen-bond acceptors (Lipinski definition) is 5. The topological polar surface area (TPSA) is 59.5 Å². The highest BCUT2D eigenvalue weighted by molar-refractivity contribution is 7.17. The number of carbonyl (C=O) groups excluding carboxylic acids is 2. The van der Waals surface area contributed by atoms with E-state index in [0.717, 1.165) is 21.9 Å². The lowest BCUT2D eigenvalue weighted by atomic mass is 10.0. The third-order valence-electron chi connectivity index (χ3n) is 5.19. The molecule has 3 rings (SSSR count). The number of thiophene rings is 1. The Morgan fingerprint density at radius 3 is 2.62 bits per heavy atom. The maximum absolute atomic E-state index is 14.2. The molecule has 32 heavy (non-hydrogen) atoms. The van der Waals surface area contributed by atoms with Crippen molar-refractivity contribution < 1.29 is 23.1 Å². The van der Waals surface area contributed by atoms with Gasteiger partial charge >= 0.3 is 0 Å². The van der Waals surface area contributed by atoms with E-state index in [1.807, 2.05) is 11.4 Å². The van der Waals surface area contributed by atoms with E-state index in [9.17, 15) is 18.4 Å². The lowest BCUT2D eigenvalue weighted by molar-refractivity contribution is -0.107. The zero-order chi connectivity index (χ0) is 23.5. The highest BCUT2D eigenvalue weighted by Gasteiger charge is 2.32. The van der Waals surface area contributed by atoms with Crippen LogP contribution < -0.4 is 4.74 Å². The summed E-state index contributed by atoms with van der Waals surface area (Å²) in [6.07, 6.45) is 1.17. The fraction of sp³-hybridized carbons (Fsp3) is 0.375. The van der Waals surface area contributed by atoms with Crippen LogP contribution in [0.25, 0.3) is 10.1 Å². The number of fused-ring (bicyclic) bond motifs is 1. The molecule has 0 spiro atoms. The molecule has 2 heterocycles. The molecule has 0 aliphatic rings. The Morgan fingerprint density at radius 2 is 2.00 bits per heavy atom. The molecule has 0 unspecified atom stereocenters. The Morgan fingerprint density at radius 1 is 1.25 bits per heavy atom. The van der Waals surface area contributed by atoms with Gasteiger partial charge in [-0.25, -0.2) is 0 Å². The SMILES string of the molecule is CCCC(F)(F)c1ccc(COc2cc(C(=O)N(C)C)c3c(CC=O)csc3c2)c(C)n1. The summed E-state index contributed by atoms with van der Waals surface area (Å²) in [5.74, 6) is -2.66. The molecule has 2 aromatic heterocycles. The van der Waals surface area contributed by atoms with Gasteiger partial charge in [0.2, 0.25) is 0 Å². The smallest absolute Gasteiger partial charge is 0.289 e. The largest absolute Gasteiger partial charge is 0.489 e. The normalized spacial score (nSPS) is 11.6. The van der Waals surface area contributed by atoms with Crippen molar-refractivity contribution in [3.05, 3.63) is 57.7 Å². The average Bonchev–Trinajstić information content (AvgIpc) is 3.14. The number of aldehydes is 1. The van der Waals surface area contributed by atoms with E-state index >= 15 is 0 Å². The molecule has 0 aliphatic heterocycles. The van der Waals surface area contributed by atoms with Crippen molar-refractivity contribution in [3.63, 3.8) is 0 Å². The molecule has 1 amide bonds. The summed E-state index contributed by atoms with van der Waals surface area (Å²) in [5, 5.41) is 2.63. The van der Waals surface area contributed by atoms with Crippen molar-refractivity contribution in [1.82, 2.24) is 9.88 Å². The maximum atomic E-state index is 14.2. The third-order valence-corrected chi connectivity index (χ3v) is 6.17. The fourth-order valence-electron chi connectivity index (χ4n) is 3.49. The van der Waals surface area contributed by atoms with Crippen molar-refractivity contribution in [3.8, 4) is 5.75 Å². The number of halogens is 2. The molecule has 170 valence electrons. The number of ether oxygens (including phenoxy) is 1. The molecule has 0 radical (unpaired) electrons. The quantitative estimate of drug-likeness (QED) is 0.395. The van der Waals surface area contributed by atoms with Gasteiger partial charge in [0.1, 0.15) is 24.3 Å². The molecule has 0 saturated carbocycles. The minimum absolute atomic E-state index is 0.131. The van der Waals surface area contributed by atoms with Crippen LogP contribution in [0, 0.1) is 6.92 Å². The van der Waals surface area contributed by atoms with E-state index in [1.54, 1.807) is 40.1 Å². The van der Waals surface area contributed by atoms with E-state index in [2.05, 4.69) is 4.98 Å². The monoisotopic (exact) mass is 460 g/mol. The molecule has 0 fully saturated rings. The number of amides is 1. The van der Waals surface area contributed by atoms with Crippen LogP contribution >= 0.6 is 11.3 Å². The Balaban J connectivity index is 1.90. The minimum atomic E-state index is -2.95. The number of rotatable bonds is 9. The van der Waals surface area contributed by atoms with E-state index in [0.29, 0.717) is 29.0 Å². The number of aromatic nitrogens is 1. The predicted molar refractivity (Wildman–Crippen MR) is 122 cm³/mol. The third kappa shape index (κ3) is 4.96. The molecular formula is C24H26F2N2O3S. The average molecular weight is 461 g/mol. The van der Waals surface area contributed by atoms with Crippen LogP contribution in [0.1, 0.15) is 52.6 Å². The van der Waals surface area contributed by atoms with E-state index in [4.69, 9.17) is 4.74 Å². The van der Waals surface area contributed by atoms with Crippen LogP contribution in [0.3, 0.4) is 0 Å². The second-order valence-electron chi connectivity index (χ2n) is 7.86. The lowest BCUT2D eigenvalue weighted by Crippen LogP contribution is -2.22. The van der Waals surface area contributed by atoms with E-state index < -0.39 is 5.92 Å². The standard InChI is InChI=1S/C24H26F2N2O3S/c1-5-9-24(25,26)21-7-6-16(15(2)27-21)13-31-18-11-19(23(30)28(3)4)22-17(8-10-29)14-32-20(22)12-18/h6-7,10-12,14H,5,8-9,13H2,1-4H3. The molecule has 0 saturated heterocycles. The first-order valence-corrected chi connectivity index (χ1v) is 11.2. The molecule has 5 nitrogen and oxygen atoms in total. The molecule has 0 aliphatic carbocycles. The number of alkyl halides is 2. The molecule has 0 N–H and O–H groups in total.